The average Bonchev–Trinajstić information content (AvgIpc) is 3.43. The van der Waals surface area contributed by atoms with Gasteiger partial charge < -0.3 is 20.0 Å². The molecule has 1 saturated heterocycles. The molecule has 2 aliphatic rings. The number of likely N-dealkylation sites (N-methyl/N-ethyl adjacent to an activating group) is 1. The minimum atomic E-state index is 0.0252. The molecular formula is C17H26N6O. The third-order valence-electron chi connectivity index (χ3n) is 4.33. The van der Waals surface area contributed by atoms with Gasteiger partial charge in [0.05, 0.1) is 0 Å². The van der Waals surface area contributed by atoms with E-state index in [0.29, 0.717) is 6.04 Å². The first-order chi connectivity index (χ1) is 11.6. The van der Waals surface area contributed by atoms with E-state index in [-0.39, 0.29) is 12.5 Å². The van der Waals surface area contributed by atoms with E-state index in [1.54, 1.807) is 19.0 Å². The molecule has 0 unspecified atom stereocenters. The number of aromatic nitrogens is 1. The Morgan fingerprint density at radius 1 is 1.29 bits per heavy atom. The zero-order valence-electron chi connectivity index (χ0n) is 14.5. The minimum absolute atomic E-state index is 0.0252. The van der Waals surface area contributed by atoms with Crippen LogP contribution in [-0.2, 0) is 4.79 Å². The smallest absolute Gasteiger partial charge is 0.243 e. The molecule has 2 fully saturated rings. The molecule has 2 heterocycles. The fraction of sp³-hybridized carbons (Fsp3) is 0.588. The Labute approximate surface area is 143 Å². The first-order valence-electron chi connectivity index (χ1n) is 8.55. The number of hydrogen-bond acceptors (Lipinski definition) is 4. The number of aliphatic imine (C=N–C) groups is 1. The van der Waals surface area contributed by atoms with Crippen LogP contribution in [0.1, 0.15) is 12.8 Å². The molecule has 1 aliphatic carbocycles. The molecule has 1 aromatic rings. The lowest BCUT2D eigenvalue weighted by molar-refractivity contribution is -0.127. The summed E-state index contributed by atoms with van der Waals surface area (Å²) in [5.41, 5.74) is 0. The van der Waals surface area contributed by atoms with Crippen molar-refractivity contribution in [1.82, 2.24) is 20.1 Å². The molecule has 1 aromatic heterocycles. The summed E-state index contributed by atoms with van der Waals surface area (Å²) in [6, 6.07) is 6.52. The summed E-state index contributed by atoms with van der Waals surface area (Å²) in [5, 5.41) is 3.48. The van der Waals surface area contributed by atoms with Gasteiger partial charge in [-0.1, -0.05) is 6.07 Å². The predicted octanol–water partition coefficient (Wildman–Crippen LogP) is 0.400. The number of carbonyl (C=O) groups excluding carboxylic acids is 1. The summed E-state index contributed by atoms with van der Waals surface area (Å²) in [6.07, 6.45) is 4.21. The number of carbonyl (C=O) groups is 1. The third-order valence-corrected chi connectivity index (χ3v) is 4.33. The van der Waals surface area contributed by atoms with E-state index in [1.807, 2.05) is 24.4 Å². The fourth-order valence-corrected chi connectivity index (χ4v) is 2.62. The second-order valence-electron chi connectivity index (χ2n) is 6.51. The van der Waals surface area contributed by atoms with Crippen LogP contribution in [0.15, 0.2) is 29.4 Å². The largest absolute Gasteiger partial charge is 0.353 e. The Morgan fingerprint density at radius 2 is 2.04 bits per heavy atom. The number of nitrogens with zero attached hydrogens (tertiary/aromatic N) is 5. The third kappa shape index (κ3) is 4.37. The lowest BCUT2D eigenvalue weighted by Gasteiger charge is -2.37. The maximum absolute atomic E-state index is 11.8. The van der Waals surface area contributed by atoms with Crippen LogP contribution in [0.4, 0.5) is 5.82 Å². The van der Waals surface area contributed by atoms with E-state index in [0.717, 1.165) is 38.0 Å². The molecule has 24 heavy (non-hydrogen) atoms. The number of pyridine rings is 1. The van der Waals surface area contributed by atoms with E-state index in [2.05, 4.69) is 25.1 Å². The van der Waals surface area contributed by atoms with Gasteiger partial charge in [0.25, 0.3) is 0 Å². The summed E-state index contributed by atoms with van der Waals surface area (Å²) in [5.74, 6) is 1.92. The quantitative estimate of drug-likeness (QED) is 0.639. The minimum Gasteiger partial charge on any atom is -0.353 e. The Hall–Kier alpha value is -2.31. The molecule has 0 radical (unpaired) electrons. The monoisotopic (exact) mass is 330 g/mol. The van der Waals surface area contributed by atoms with Crippen molar-refractivity contribution in [2.75, 3.05) is 51.7 Å². The maximum Gasteiger partial charge on any atom is 0.243 e. The molecular weight excluding hydrogens is 304 g/mol. The van der Waals surface area contributed by atoms with E-state index < -0.39 is 0 Å². The predicted molar refractivity (Wildman–Crippen MR) is 95.2 cm³/mol. The molecule has 1 aliphatic heterocycles. The van der Waals surface area contributed by atoms with Crippen molar-refractivity contribution >= 4 is 17.7 Å². The SMILES string of the molecule is CN(C)C(=O)CN=C(NC1CC1)N1CCN(c2ccccn2)CC1. The van der Waals surface area contributed by atoms with Crippen molar-refractivity contribution in [2.24, 2.45) is 4.99 Å². The molecule has 0 spiro atoms. The Morgan fingerprint density at radius 3 is 2.62 bits per heavy atom. The Balaban J connectivity index is 1.60. The highest BCUT2D eigenvalue weighted by Gasteiger charge is 2.27. The average molecular weight is 330 g/mol. The van der Waals surface area contributed by atoms with Crippen LogP contribution < -0.4 is 10.2 Å². The van der Waals surface area contributed by atoms with Gasteiger partial charge in [-0.3, -0.25) is 4.79 Å². The number of rotatable bonds is 4. The highest BCUT2D eigenvalue weighted by atomic mass is 16.2. The van der Waals surface area contributed by atoms with Crippen LogP contribution in [0.25, 0.3) is 0 Å². The lowest BCUT2D eigenvalue weighted by Crippen LogP contribution is -2.53. The number of nitrogens with one attached hydrogen (secondary N) is 1. The molecule has 7 heteroatoms. The summed E-state index contributed by atoms with van der Waals surface area (Å²) in [4.78, 5) is 26.9. The molecule has 1 amide bonds. The number of anilines is 1. The second kappa shape index (κ2) is 7.51. The van der Waals surface area contributed by atoms with Gasteiger partial charge in [0.2, 0.25) is 5.91 Å². The van der Waals surface area contributed by atoms with Crippen LogP contribution in [0.5, 0.6) is 0 Å². The number of hydrogen-bond donors (Lipinski definition) is 1. The van der Waals surface area contributed by atoms with Crippen LogP contribution >= 0.6 is 0 Å². The van der Waals surface area contributed by atoms with Gasteiger partial charge in [-0.25, -0.2) is 9.98 Å². The molecule has 1 saturated carbocycles. The van der Waals surface area contributed by atoms with Gasteiger partial charge >= 0.3 is 0 Å². The molecule has 0 aromatic carbocycles. The maximum atomic E-state index is 11.8. The topological polar surface area (TPSA) is 64.1 Å². The molecule has 0 atom stereocenters. The summed E-state index contributed by atoms with van der Waals surface area (Å²) < 4.78 is 0. The number of piperazine rings is 1. The van der Waals surface area contributed by atoms with Gasteiger partial charge in [0.1, 0.15) is 12.4 Å². The first kappa shape index (κ1) is 16.5. The van der Waals surface area contributed by atoms with Crippen LogP contribution in [0, 0.1) is 0 Å². The van der Waals surface area contributed by atoms with Gasteiger partial charge in [0, 0.05) is 52.5 Å². The van der Waals surface area contributed by atoms with E-state index in [1.165, 1.54) is 12.8 Å². The van der Waals surface area contributed by atoms with Crippen molar-refractivity contribution in [3.63, 3.8) is 0 Å². The van der Waals surface area contributed by atoms with Crippen molar-refractivity contribution in [1.29, 1.82) is 0 Å². The number of amides is 1. The summed E-state index contributed by atoms with van der Waals surface area (Å²) in [6.45, 7) is 3.77. The van der Waals surface area contributed by atoms with Gasteiger partial charge in [-0.2, -0.15) is 0 Å². The molecule has 1 N–H and O–H groups in total. The van der Waals surface area contributed by atoms with Crippen molar-refractivity contribution in [3.05, 3.63) is 24.4 Å². The van der Waals surface area contributed by atoms with E-state index in [9.17, 15) is 4.79 Å². The first-order valence-corrected chi connectivity index (χ1v) is 8.55. The number of guanidine groups is 1. The molecule has 0 bridgehead atoms. The van der Waals surface area contributed by atoms with Crippen molar-refractivity contribution < 1.29 is 4.79 Å². The Kier molecular flexibility index (Phi) is 5.17. The van der Waals surface area contributed by atoms with Gasteiger partial charge in [-0.15, -0.1) is 0 Å². The van der Waals surface area contributed by atoms with E-state index >= 15 is 0 Å². The highest BCUT2D eigenvalue weighted by molar-refractivity contribution is 5.85. The zero-order chi connectivity index (χ0) is 16.9. The second-order valence-corrected chi connectivity index (χ2v) is 6.51. The van der Waals surface area contributed by atoms with Crippen LogP contribution in [0.2, 0.25) is 0 Å². The molecule has 3 rings (SSSR count). The standard InChI is InChI=1S/C17H26N6O/c1-21(2)16(24)13-19-17(20-14-6-7-14)23-11-9-22(10-12-23)15-5-3-4-8-18-15/h3-5,8,14H,6-7,9-13H2,1-2H3,(H,19,20). The molecule has 7 nitrogen and oxygen atoms in total. The lowest BCUT2D eigenvalue weighted by atomic mass is 10.3. The van der Waals surface area contributed by atoms with Crippen LogP contribution in [0.3, 0.4) is 0 Å². The zero-order valence-corrected chi connectivity index (χ0v) is 14.5. The summed E-state index contributed by atoms with van der Waals surface area (Å²) in [7, 11) is 3.52. The highest BCUT2D eigenvalue weighted by Crippen LogP contribution is 2.19. The van der Waals surface area contributed by atoms with Gasteiger partial charge in [-0.05, 0) is 25.0 Å². The molecule has 130 valence electrons. The van der Waals surface area contributed by atoms with Crippen LogP contribution in [-0.4, -0.2) is 79.5 Å². The Bertz CT molecular complexity index is 576. The van der Waals surface area contributed by atoms with E-state index in [4.69, 9.17) is 0 Å². The van der Waals surface area contributed by atoms with Crippen molar-refractivity contribution in [2.45, 2.75) is 18.9 Å². The van der Waals surface area contributed by atoms with Gasteiger partial charge in [0.15, 0.2) is 5.96 Å². The van der Waals surface area contributed by atoms with Crippen molar-refractivity contribution in [3.8, 4) is 0 Å². The fourth-order valence-electron chi connectivity index (χ4n) is 2.62. The normalized spacial score (nSPS) is 18.5. The summed E-state index contributed by atoms with van der Waals surface area (Å²) >= 11 is 0.